The first-order valence-electron chi connectivity index (χ1n) is 17.0. The number of carbonyl (C=O) groups is 4. The van der Waals surface area contributed by atoms with Crippen LogP contribution >= 0.6 is 23.2 Å². The number of pyridine rings is 1. The van der Waals surface area contributed by atoms with E-state index in [1.807, 2.05) is 24.3 Å². The molecule has 5 N–H and O–H groups in total. The van der Waals surface area contributed by atoms with E-state index < -0.39 is 22.5 Å². The van der Waals surface area contributed by atoms with Gasteiger partial charge in [-0.25, -0.2) is 9.88 Å². The van der Waals surface area contributed by atoms with Crippen molar-refractivity contribution in [1.82, 2.24) is 30.5 Å². The smallest absolute Gasteiger partial charge is 0.270 e. The topological polar surface area (TPSA) is 164 Å². The van der Waals surface area contributed by atoms with Gasteiger partial charge in [-0.3, -0.25) is 28.7 Å². The van der Waals surface area contributed by atoms with Crippen LogP contribution in [0.25, 0.3) is 0 Å². The van der Waals surface area contributed by atoms with E-state index in [0.29, 0.717) is 53.6 Å². The monoisotopic (exact) mass is 726 g/mol. The third kappa shape index (κ3) is 6.10. The quantitative estimate of drug-likeness (QED) is 0.160. The summed E-state index contributed by atoms with van der Waals surface area (Å²) in [5.74, 6) is -0.736. The Kier molecular flexibility index (Phi) is 7.87. The highest BCUT2D eigenvalue weighted by Gasteiger charge is 2.57. The number of nitrogens with two attached hydrogens (primary N) is 1. The predicted molar refractivity (Wildman–Crippen MR) is 191 cm³/mol. The van der Waals surface area contributed by atoms with Crippen LogP contribution in [0.2, 0.25) is 10.0 Å². The van der Waals surface area contributed by atoms with E-state index in [2.05, 4.69) is 25.9 Å². The molecule has 12 nitrogen and oxygen atoms in total. The summed E-state index contributed by atoms with van der Waals surface area (Å²) in [7, 11) is 0. The number of carbonyl (C=O) groups excluding carboxylic acids is 4. The van der Waals surface area contributed by atoms with Gasteiger partial charge in [0.15, 0.2) is 0 Å². The fourth-order valence-corrected chi connectivity index (χ4v) is 7.42. The lowest BCUT2D eigenvalue weighted by molar-refractivity contribution is -0.125. The number of halogens is 2. The van der Waals surface area contributed by atoms with E-state index in [1.165, 1.54) is 11.1 Å². The number of aromatic nitrogens is 3. The Morgan fingerprint density at radius 2 is 1.63 bits per heavy atom. The van der Waals surface area contributed by atoms with Crippen LogP contribution in [0.1, 0.15) is 72.8 Å². The molecule has 0 radical (unpaired) electrons. The minimum Gasteiger partial charge on any atom is -0.399 e. The molecule has 0 spiro atoms. The van der Waals surface area contributed by atoms with Crippen molar-refractivity contribution in [2.45, 2.75) is 75.0 Å². The van der Waals surface area contributed by atoms with E-state index in [0.717, 1.165) is 29.7 Å². The number of benzene rings is 2. The summed E-state index contributed by atoms with van der Waals surface area (Å²) in [6.07, 6.45) is 7.53. The normalized spacial score (nSPS) is 20.8. The number of nitrogens with zero attached hydrogens (tertiary/aromatic N) is 4. The Morgan fingerprint density at radius 1 is 0.922 bits per heavy atom. The van der Waals surface area contributed by atoms with E-state index in [4.69, 9.17) is 28.9 Å². The molecule has 4 aliphatic rings. The zero-order chi connectivity index (χ0) is 35.7. The molecule has 0 saturated heterocycles. The van der Waals surface area contributed by atoms with Crippen molar-refractivity contribution in [3.63, 3.8) is 0 Å². The molecule has 14 heteroatoms. The molecule has 51 heavy (non-hydrogen) atoms. The van der Waals surface area contributed by atoms with Gasteiger partial charge in [-0.05, 0) is 99.0 Å². The van der Waals surface area contributed by atoms with Gasteiger partial charge in [0, 0.05) is 40.8 Å². The molecule has 8 rings (SSSR count). The van der Waals surface area contributed by atoms with Crippen molar-refractivity contribution in [2.24, 2.45) is 5.92 Å². The number of hydrogen-bond acceptors (Lipinski definition) is 7. The van der Waals surface area contributed by atoms with Gasteiger partial charge in [-0.1, -0.05) is 35.3 Å². The fourth-order valence-electron chi connectivity index (χ4n) is 6.91. The summed E-state index contributed by atoms with van der Waals surface area (Å²) < 4.78 is 1.63. The van der Waals surface area contributed by atoms with Gasteiger partial charge >= 0.3 is 0 Å². The van der Waals surface area contributed by atoms with Crippen molar-refractivity contribution < 1.29 is 19.2 Å². The fraction of sp³-hybridized carbons (Fsp3) is 0.351. The van der Waals surface area contributed by atoms with Crippen LogP contribution in [0.3, 0.4) is 0 Å². The van der Waals surface area contributed by atoms with Gasteiger partial charge in [-0.15, -0.1) is 0 Å². The van der Waals surface area contributed by atoms with E-state index in [1.54, 1.807) is 48.0 Å². The summed E-state index contributed by atoms with van der Waals surface area (Å²) in [5.41, 5.74) is 6.47. The Morgan fingerprint density at radius 3 is 2.27 bits per heavy atom. The maximum absolute atomic E-state index is 14.4. The van der Waals surface area contributed by atoms with Crippen LogP contribution in [-0.4, -0.2) is 43.7 Å². The average Bonchev–Trinajstić information content (AvgIpc) is 4.01. The van der Waals surface area contributed by atoms with Crippen LogP contribution in [0, 0.1) is 5.92 Å². The number of imidazole rings is 1. The molecular formula is C37H36Cl2N8O4. The molecule has 2 aromatic carbocycles. The van der Waals surface area contributed by atoms with Crippen molar-refractivity contribution in [3.05, 3.63) is 99.6 Å². The Balaban J connectivity index is 1.04. The molecule has 1 aliphatic heterocycles. The minimum absolute atomic E-state index is 0.0644. The van der Waals surface area contributed by atoms with Gasteiger partial charge < -0.3 is 21.7 Å². The highest BCUT2D eigenvalue weighted by Crippen LogP contribution is 2.48. The lowest BCUT2D eigenvalue weighted by Gasteiger charge is -2.27. The Labute approximate surface area is 304 Å². The number of amides is 4. The van der Waals surface area contributed by atoms with Crippen LogP contribution in [0.5, 0.6) is 0 Å². The lowest BCUT2D eigenvalue weighted by atomic mass is 9.91. The second-order valence-electron chi connectivity index (χ2n) is 14.4. The first-order chi connectivity index (χ1) is 24.4. The zero-order valence-electron chi connectivity index (χ0n) is 27.8. The number of anilines is 3. The summed E-state index contributed by atoms with van der Waals surface area (Å²) in [6, 6.07) is 15.8. The third-order valence-electron chi connectivity index (χ3n) is 10.3. The predicted octanol–water partition coefficient (Wildman–Crippen LogP) is 4.90. The average molecular weight is 728 g/mol. The summed E-state index contributed by atoms with van der Waals surface area (Å²) in [5, 5.41) is 9.83. The number of nitrogen functional groups attached to an aromatic ring is 1. The molecule has 4 amide bonds. The van der Waals surface area contributed by atoms with Crippen molar-refractivity contribution in [2.75, 3.05) is 10.6 Å². The number of nitrogens with one attached hydrogen (secondary N) is 3. The highest BCUT2D eigenvalue weighted by molar-refractivity contribution is 6.35. The molecule has 1 atom stereocenters. The summed E-state index contributed by atoms with van der Waals surface area (Å²) in [6.45, 7) is 2.15. The Hall–Kier alpha value is -4.94. The van der Waals surface area contributed by atoms with Gasteiger partial charge in [0.1, 0.15) is 16.8 Å². The van der Waals surface area contributed by atoms with Gasteiger partial charge in [0.25, 0.3) is 11.8 Å². The van der Waals surface area contributed by atoms with Gasteiger partial charge in [0.2, 0.25) is 17.8 Å². The summed E-state index contributed by atoms with van der Waals surface area (Å²) >= 11 is 12.7. The number of hydrogen-bond donors (Lipinski definition) is 4. The third-order valence-corrected chi connectivity index (χ3v) is 10.8. The molecule has 0 unspecified atom stereocenters. The summed E-state index contributed by atoms with van der Waals surface area (Å²) in [4.78, 5) is 65.1. The molecule has 3 heterocycles. The zero-order valence-corrected chi connectivity index (χ0v) is 29.4. The van der Waals surface area contributed by atoms with E-state index in [-0.39, 0.29) is 41.7 Å². The second-order valence-corrected chi connectivity index (χ2v) is 15.2. The van der Waals surface area contributed by atoms with Crippen LogP contribution < -0.4 is 26.6 Å². The molecule has 2 aromatic heterocycles. The standard InChI is InChI=1S/C37H36Cl2N8O4/c1-35(18-21-2-6-26(40)7-3-21)33(51)46(27-16-24(38)15-25(39)17-27)34-43-20-28(47(34)35)31(49)44-37(11-12-37)32(50)45-36(9-10-36)29-14-22(8-13-41-29)19-42-30(48)23-4-5-23/h2-3,6-8,13-17,20,23H,4-5,9-12,18-19,40H2,1H3,(H,42,48)(H,44,49)(H,45,50)/t35-/m1/s1. The van der Waals surface area contributed by atoms with E-state index >= 15 is 0 Å². The second kappa shape index (κ2) is 12.1. The molecule has 4 aromatic rings. The molecule has 3 saturated carbocycles. The van der Waals surface area contributed by atoms with Crippen LogP contribution in [0.15, 0.2) is 67.0 Å². The van der Waals surface area contributed by atoms with Gasteiger partial charge in [-0.2, -0.15) is 0 Å². The molecule has 262 valence electrons. The van der Waals surface area contributed by atoms with Crippen LogP contribution in [0.4, 0.5) is 17.3 Å². The maximum atomic E-state index is 14.4. The number of fused-ring (bicyclic) bond motifs is 1. The number of rotatable bonds is 11. The SMILES string of the molecule is C[C@@]1(Cc2ccc(N)cc2)C(=O)N(c2cc(Cl)cc(Cl)c2)c2ncc(C(=O)NC3(C(=O)NC4(c5cc(CNC(=O)C6CC6)ccn5)CC4)CC3)n21. The maximum Gasteiger partial charge on any atom is 0.270 e. The minimum atomic E-state index is -1.28. The molecule has 0 bridgehead atoms. The highest BCUT2D eigenvalue weighted by atomic mass is 35.5. The molecule has 3 aliphatic carbocycles. The van der Waals surface area contributed by atoms with E-state index in [9.17, 15) is 19.2 Å². The first-order valence-corrected chi connectivity index (χ1v) is 17.8. The van der Waals surface area contributed by atoms with Crippen LogP contribution in [-0.2, 0) is 38.4 Å². The van der Waals surface area contributed by atoms with Gasteiger partial charge in [0.05, 0.1) is 23.1 Å². The van der Waals surface area contributed by atoms with Crippen molar-refractivity contribution >= 4 is 64.2 Å². The Bertz CT molecular complexity index is 2080. The first kappa shape index (κ1) is 33.2. The molecular weight excluding hydrogens is 691 g/mol. The largest absolute Gasteiger partial charge is 0.399 e. The molecule has 3 fully saturated rings. The van der Waals surface area contributed by atoms with Crippen molar-refractivity contribution in [1.29, 1.82) is 0 Å². The lowest BCUT2D eigenvalue weighted by Crippen LogP contribution is -2.52. The van der Waals surface area contributed by atoms with Crippen molar-refractivity contribution in [3.8, 4) is 0 Å².